The number of hydrogen-bond acceptors (Lipinski definition) is 4. The number of nitrogens with zero attached hydrogens (tertiary/aromatic N) is 1. The first kappa shape index (κ1) is 11.7. The van der Waals surface area contributed by atoms with E-state index < -0.39 is 5.97 Å². The van der Waals surface area contributed by atoms with Gasteiger partial charge in [0.25, 0.3) is 0 Å². The Labute approximate surface area is 103 Å². The van der Waals surface area contributed by atoms with E-state index in [0.29, 0.717) is 16.9 Å². The number of carboxylic acids is 1. The molecular formula is C13H10N2O3. The molecule has 5 nitrogen and oxygen atoms in total. The molecule has 0 aliphatic carbocycles. The quantitative estimate of drug-likeness (QED) is 0.857. The van der Waals surface area contributed by atoms with Crippen LogP contribution in [0.5, 0.6) is 0 Å². The molecular weight excluding hydrogens is 232 g/mol. The van der Waals surface area contributed by atoms with E-state index in [1.54, 1.807) is 24.3 Å². The van der Waals surface area contributed by atoms with Crippen molar-refractivity contribution in [3.63, 3.8) is 0 Å². The largest absolute Gasteiger partial charge is 0.481 e. The first-order valence-corrected chi connectivity index (χ1v) is 5.22. The minimum Gasteiger partial charge on any atom is -0.481 e. The van der Waals surface area contributed by atoms with Crippen LogP contribution in [0, 0.1) is 11.3 Å². The molecule has 0 spiro atoms. The Bertz CT molecular complexity index is 624. The van der Waals surface area contributed by atoms with Gasteiger partial charge in [0.15, 0.2) is 0 Å². The molecule has 1 aromatic heterocycles. The summed E-state index contributed by atoms with van der Waals surface area (Å²) < 4.78 is 5.32. The molecule has 1 aromatic carbocycles. The van der Waals surface area contributed by atoms with E-state index in [2.05, 4.69) is 0 Å². The van der Waals surface area contributed by atoms with Crippen molar-refractivity contribution in [2.24, 2.45) is 0 Å². The van der Waals surface area contributed by atoms with Crippen LogP contribution >= 0.6 is 0 Å². The molecule has 18 heavy (non-hydrogen) atoms. The maximum absolute atomic E-state index is 10.8. The molecule has 0 radical (unpaired) electrons. The Morgan fingerprint density at radius 3 is 2.61 bits per heavy atom. The van der Waals surface area contributed by atoms with Crippen LogP contribution in [0.15, 0.2) is 34.7 Å². The summed E-state index contributed by atoms with van der Waals surface area (Å²) in [4.78, 5) is 10.8. The average molecular weight is 242 g/mol. The Morgan fingerprint density at radius 1 is 1.39 bits per heavy atom. The zero-order valence-electron chi connectivity index (χ0n) is 9.38. The predicted molar refractivity (Wildman–Crippen MR) is 64.6 cm³/mol. The van der Waals surface area contributed by atoms with Crippen LogP contribution in [0.3, 0.4) is 0 Å². The van der Waals surface area contributed by atoms with Gasteiger partial charge in [-0.25, -0.2) is 0 Å². The maximum atomic E-state index is 10.8. The lowest BCUT2D eigenvalue weighted by molar-refractivity contribution is -0.136. The van der Waals surface area contributed by atoms with E-state index in [1.165, 1.54) is 0 Å². The highest BCUT2D eigenvalue weighted by atomic mass is 16.4. The van der Waals surface area contributed by atoms with Crippen molar-refractivity contribution in [1.82, 2.24) is 0 Å². The van der Waals surface area contributed by atoms with E-state index in [-0.39, 0.29) is 17.9 Å². The minimum atomic E-state index is -1.04. The molecule has 0 bridgehead atoms. The van der Waals surface area contributed by atoms with Crippen molar-refractivity contribution in [1.29, 1.82) is 5.26 Å². The summed E-state index contributed by atoms with van der Waals surface area (Å²) in [5.74, 6) is -0.746. The third-order valence-corrected chi connectivity index (χ3v) is 2.51. The summed E-state index contributed by atoms with van der Waals surface area (Å²) in [5, 5.41) is 17.9. The number of carboxylic acid groups (broad SMARTS) is 1. The zero-order valence-corrected chi connectivity index (χ0v) is 9.38. The molecule has 2 aromatic rings. The van der Waals surface area contributed by atoms with Gasteiger partial charge in [0.05, 0.1) is 6.42 Å². The molecule has 0 saturated carbocycles. The fraction of sp³-hybridized carbons (Fsp3) is 0.0769. The van der Waals surface area contributed by atoms with Gasteiger partial charge in [0.2, 0.25) is 5.88 Å². The van der Waals surface area contributed by atoms with Crippen molar-refractivity contribution in [2.45, 2.75) is 6.42 Å². The average Bonchev–Trinajstić information content (AvgIpc) is 2.66. The van der Waals surface area contributed by atoms with Gasteiger partial charge >= 0.3 is 5.97 Å². The van der Waals surface area contributed by atoms with E-state index in [4.69, 9.17) is 20.5 Å². The van der Waals surface area contributed by atoms with Crippen molar-refractivity contribution in [3.05, 3.63) is 41.5 Å². The molecule has 0 fully saturated rings. The Hall–Kier alpha value is -2.74. The van der Waals surface area contributed by atoms with E-state index in [9.17, 15) is 4.79 Å². The summed E-state index contributed by atoms with van der Waals surface area (Å²) in [6.45, 7) is 0. The number of rotatable bonds is 3. The molecule has 1 heterocycles. The first-order valence-electron chi connectivity index (χ1n) is 5.22. The summed E-state index contributed by atoms with van der Waals surface area (Å²) in [5.41, 5.74) is 6.69. The number of aliphatic carboxylic acids is 1. The predicted octanol–water partition coefficient (Wildman–Crippen LogP) is 2.03. The highest BCUT2D eigenvalue weighted by molar-refractivity contribution is 5.78. The number of furan rings is 1. The van der Waals surface area contributed by atoms with Crippen LogP contribution in [-0.2, 0) is 11.2 Å². The van der Waals surface area contributed by atoms with Crippen molar-refractivity contribution in [2.75, 3.05) is 5.73 Å². The summed E-state index contributed by atoms with van der Waals surface area (Å²) >= 11 is 0. The minimum absolute atomic E-state index is 0.0485. The van der Waals surface area contributed by atoms with Crippen molar-refractivity contribution in [3.8, 4) is 17.4 Å². The standard InChI is InChI=1S/C13H10N2O3/c14-7-10-9(6-11(16)17)12(18-13(10)15)8-4-2-1-3-5-8/h1-5H,6,15H2,(H,16,17). The molecule has 3 N–H and O–H groups in total. The van der Waals surface area contributed by atoms with Crippen LogP contribution in [0.1, 0.15) is 11.1 Å². The summed E-state index contributed by atoms with van der Waals surface area (Å²) in [7, 11) is 0. The SMILES string of the molecule is N#Cc1c(N)oc(-c2ccccc2)c1CC(=O)O. The lowest BCUT2D eigenvalue weighted by Gasteiger charge is -2.00. The number of nitrogen functional groups attached to an aromatic ring is 1. The monoisotopic (exact) mass is 242 g/mol. The fourth-order valence-electron chi connectivity index (χ4n) is 1.75. The molecule has 5 heteroatoms. The number of nitriles is 1. The Morgan fingerprint density at radius 2 is 2.06 bits per heavy atom. The van der Waals surface area contributed by atoms with E-state index in [0.717, 1.165) is 0 Å². The van der Waals surface area contributed by atoms with E-state index >= 15 is 0 Å². The van der Waals surface area contributed by atoms with Gasteiger partial charge in [-0.3, -0.25) is 4.79 Å². The Kier molecular flexibility index (Phi) is 3.02. The van der Waals surface area contributed by atoms with Crippen LogP contribution in [0.4, 0.5) is 5.88 Å². The molecule has 0 aliphatic rings. The highest BCUT2D eigenvalue weighted by Crippen LogP contribution is 2.33. The first-order chi connectivity index (χ1) is 8.63. The Balaban J connectivity index is 2.61. The van der Waals surface area contributed by atoms with Gasteiger partial charge in [-0.05, 0) is 0 Å². The topological polar surface area (TPSA) is 100 Å². The zero-order chi connectivity index (χ0) is 13.1. The summed E-state index contributed by atoms with van der Waals surface area (Å²) in [6.07, 6.45) is -0.298. The molecule has 0 unspecified atom stereocenters. The third-order valence-electron chi connectivity index (χ3n) is 2.51. The fourth-order valence-corrected chi connectivity index (χ4v) is 1.75. The number of carbonyl (C=O) groups is 1. The van der Waals surface area contributed by atoms with E-state index in [1.807, 2.05) is 12.1 Å². The molecule has 0 aliphatic heterocycles. The van der Waals surface area contributed by atoms with Crippen molar-refractivity contribution >= 4 is 11.9 Å². The second-order valence-electron chi connectivity index (χ2n) is 3.70. The number of hydrogen-bond donors (Lipinski definition) is 2. The maximum Gasteiger partial charge on any atom is 0.308 e. The second kappa shape index (κ2) is 4.63. The normalized spacial score (nSPS) is 9.94. The lowest BCUT2D eigenvalue weighted by Crippen LogP contribution is -2.02. The van der Waals surface area contributed by atoms with Crippen molar-refractivity contribution < 1.29 is 14.3 Å². The molecule has 0 amide bonds. The van der Waals surface area contributed by atoms with Gasteiger partial charge in [-0.2, -0.15) is 5.26 Å². The number of nitrogens with two attached hydrogens (primary N) is 1. The second-order valence-corrected chi connectivity index (χ2v) is 3.70. The highest BCUT2D eigenvalue weighted by Gasteiger charge is 2.21. The molecule has 90 valence electrons. The lowest BCUT2D eigenvalue weighted by atomic mass is 10.0. The molecule has 0 atom stereocenters. The smallest absolute Gasteiger partial charge is 0.308 e. The third kappa shape index (κ3) is 2.04. The van der Waals surface area contributed by atoms with Gasteiger partial charge < -0.3 is 15.3 Å². The summed E-state index contributed by atoms with van der Waals surface area (Å²) in [6, 6.07) is 10.8. The number of anilines is 1. The molecule has 2 rings (SSSR count). The van der Waals surface area contributed by atoms with Crippen LogP contribution < -0.4 is 5.73 Å². The van der Waals surface area contributed by atoms with Crippen LogP contribution in [0.2, 0.25) is 0 Å². The van der Waals surface area contributed by atoms with Crippen LogP contribution in [-0.4, -0.2) is 11.1 Å². The molecule has 0 saturated heterocycles. The van der Waals surface area contributed by atoms with Crippen LogP contribution in [0.25, 0.3) is 11.3 Å². The number of benzene rings is 1. The van der Waals surface area contributed by atoms with Gasteiger partial charge in [-0.1, -0.05) is 30.3 Å². The van der Waals surface area contributed by atoms with Gasteiger partial charge in [0, 0.05) is 11.1 Å². The van der Waals surface area contributed by atoms with Gasteiger partial charge in [0.1, 0.15) is 17.4 Å². The van der Waals surface area contributed by atoms with Gasteiger partial charge in [-0.15, -0.1) is 0 Å².